The Morgan fingerprint density at radius 1 is 1.32 bits per heavy atom. The molecule has 2 N–H and O–H groups in total. The van der Waals surface area contributed by atoms with Crippen LogP contribution < -0.4 is 10.6 Å². The van der Waals surface area contributed by atoms with E-state index in [-0.39, 0.29) is 24.0 Å². The van der Waals surface area contributed by atoms with Gasteiger partial charge in [-0.15, -0.1) is 46.7 Å². The Labute approximate surface area is 170 Å². The van der Waals surface area contributed by atoms with Crippen LogP contribution in [-0.4, -0.2) is 31.1 Å². The molecule has 2 aromatic heterocycles. The summed E-state index contributed by atoms with van der Waals surface area (Å²) < 4.78 is 37.5. The molecule has 1 unspecified atom stereocenters. The van der Waals surface area contributed by atoms with Crippen LogP contribution in [0.3, 0.4) is 0 Å². The third-order valence-corrected chi connectivity index (χ3v) is 5.31. The van der Waals surface area contributed by atoms with E-state index in [0.717, 1.165) is 23.3 Å². The zero-order valence-corrected chi connectivity index (χ0v) is 17.7. The van der Waals surface area contributed by atoms with Crippen molar-refractivity contribution < 1.29 is 13.2 Å². The third-order valence-electron chi connectivity index (χ3n) is 3.30. The molecule has 0 bridgehead atoms. The van der Waals surface area contributed by atoms with Crippen molar-refractivity contribution in [3.63, 3.8) is 0 Å². The van der Waals surface area contributed by atoms with E-state index in [1.807, 2.05) is 11.4 Å². The zero-order valence-electron chi connectivity index (χ0n) is 13.8. The van der Waals surface area contributed by atoms with Crippen LogP contribution in [0.25, 0.3) is 0 Å². The molecule has 0 aliphatic carbocycles. The number of rotatable bonds is 6. The first-order valence-electron chi connectivity index (χ1n) is 7.39. The van der Waals surface area contributed by atoms with Crippen LogP contribution in [0.4, 0.5) is 13.2 Å². The number of thiazole rings is 1. The van der Waals surface area contributed by atoms with Crippen molar-refractivity contribution in [2.75, 3.05) is 20.1 Å². The first-order chi connectivity index (χ1) is 11.4. The highest BCUT2D eigenvalue weighted by atomic mass is 127. The van der Waals surface area contributed by atoms with E-state index >= 15 is 0 Å². The largest absolute Gasteiger partial charge is 0.434 e. The van der Waals surface area contributed by atoms with Crippen molar-refractivity contribution in [3.05, 3.63) is 38.5 Å². The van der Waals surface area contributed by atoms with E-state index in [1.54, 1.807) is 18.4 Å². The van der Waals surface area contributed by atoms with E-state index in [1.165, 1.54) is 4.88 Å². The number of aliphatic imine (C=N–C) groups is 1. The molecule has 0 spiro atoms. The van der Waals surface area contributed by atoms with Gasteiger partial charge in [0, 0.05) is 42.7 Å². The lowest BCUT2D eigenvalue weighted by atomic mass is 10.1. The van der Waals surface area contributed by atoms with Crippen molar-refractivity contribution in [1.29, 1.82) is 0 Å². The summed E-state index contributed by atoms with van der Waals surface area (Å²) in [6, 6.07) is 4.11. The number of hydrogen-bond acceptors (Lipinski definition) is 4. The Hall–Kier alpha value is -0.880. The molecule has 0 aliphatic rings. The maximum atomic E-state index is 12.5. The molecule has 1 atom stereocenters. The number of nitrogens with zero attached hydrogens (tertiary/aromatic N) is 2. The Kier molecular flexibility index (Phi) is 9.14. The van der Waals surface area contributed by atoms with Crippen molar-refractivity contribution >= 4 is 52.6 Å². The molecule has 2 heterocycles. The summed E-state index contributed by atoms with van der Waals surface area (Å²) in [4.78, 5) is 9.02. The summed E-state index contributed by atoms with van der Waals surface area (Å²) in [6.07, 6.45) is -3.96. The summed E-state index contributed by atoms with van der Waals surface area (Å²) in [6.45, 7) is 3.33. The molecule has 0 radical (unpaired) electrons. The fraction of sp³-hybridized carbons (Fsp3) is 0.467. The van der Waals surface area contributed by atoms with Crippen LogP contribution in [0, 0.1) is 0 Å². The van der Waals surface area contributed by atoms with Crippen LogP contribution in [0.2, 0.25) is 0 Å². The van der Waals surface area contributed by atoms with Crippen molar-refractivity contribution in [3.8, 4) is 0 Å². The zero-order chi connectivity index (χ0) is 17.6. The summed E-state index contributed by atoms with van der Waals surface area (Å²) in [7, 11) is 1.66. The van der Waals surface area contributed by atoms with E-state index in [0.29, 0.717) is 29.9 Å². The summed E-state index contributed by atoms with van der Waals surface area (Å²) in [5.41, 5.74) is -0.824. The van der Waals surface area contributed by atoms with Crippen LogP contribution in [-0.2, 0) is 12.6 Å². The fourth-order valence-corrected chi connectivity index (χ4v) is 3.58. The van der Waals surface area contributed by atoms with Crippen molar-refractivity contribution in [2.45, 2.75) is 25.4 Å². The predicted molar refractivity (Wildman–Crippen MR) is 108 cm³/mol. The van der Waals surface area contributed by atoms with Gasteiger partial charge in [-0.1, -0.05) is 13.0 Å². The number of nitrogens with one attached hydrogen (secondary N) is 2. The van der Waals surface area contributed by atoms with Gasteiger partial charge in [-0.25, -0.2) is 4.98 Å². The topological polar surface area (TPSA) is 49.3 Å². The third kappa shape index (κ3) is 7.10. The molecule has 0 amide bonds. The van der Waals surface area contributed by atoms with Gasteiger partial charge in [-0.05, 0) is 11.4 Å². The molecule has 2 aromatic rings. The smallest absolute Gasteiger partial charge is 0.356 e. The molecule has 0 aliphatic heterocycles. The normalized spacial score (nSPS) is 13.2. The summed E-state index contributed by atoms with van der Waals surface area (Å²) in [5, 5.41) is 9.86. The number of thiophene rings is 1. The lowest BCUT2D eigenvalue weighted by molar-refractivity contribution is -0.140. The quantitative estimate of drug-likeness (QED) is 0.350. The number of guanidine groups is 1. The maximum absolute atomic E-state index is 12.5. The van der Waals surface area contributed by atoms with Gasteiger partial charge in [0.1, 0.15) is 0 Å². The maximum Gasteiger partial charge on any atom is 0.434 e. The molecule has 10 heteroatoms. The lowest BCUT2D eigenvalue weighted by Crippen LogP contribution is -2.39. The van der Waals surface area contributed by atoms with Crippen molar-refractivity contribution in [1.82, 2.24) is 15.6 Å². The van der Waals surface area contributed by atoms with Crippen molar-refractivity contribution in [2.24, 2.45) is 4.99 Å². The van der Waals surface area contributed by atoms with E-state index in [2.05, 4.69) is 33.6 Å². The number of alkyl halides is 3. The number of hydrogen-bond donors (Lipinski definition) is 2. The van der Waals surface area contributed by atoms with Gasteiger partial charge in [-0.3, -0.25) is 4.99 Å². The Morgan fingerprint density at radius 3 is 2.64 bits per heavy atom. The lowest BCUT2D eigenvalue weighted by Gasteiger charge is -2.14. The average molecular weight is 504 g/mol. The molecule has 0 saturated heterocycles. The van der Waals surface area contributed by atoms with Gasteiger partial charge in [0.25, 0.3) is 0 Å². The summed E-state index contributed by atoms with van der Waals surface area (Å²) >= 11 is 2.73. The summed E-state index contributed by atoms with van der Waals surface area (Å²) in [5.74, 6) is 0.989. The van der Waals surface area contributed by atoms with Gasteiger partial charge in [-0.2, -0.15) is 13.2 Å². The first-order valence-corrected chi connectivity index (χ1v) is 9.15. The second-order valence-corrected chi connectivity index (χ2v) is 7.09. The minimum absolute atomic E-state index is 0. The monoisotopic (exact) mass is 504 g/mol. The molecule has 2 rings (SSSR count). The van der Waals surface area contributed by atoms with Gasteiger partial charge in [0.05, 0.1) is 5.01 Å². The average Bonchev–Trinajstić information content (AvgIpc) is 3.20. The minimum atomic E-state index is -4.38. The fourth-order valence-electron chi connectivity index (χ4n) is 1.99. The minimum Gasteiger partial charge on any atom is -0.356 e. The van der Waals surface area contributed by atoms with Gasteiger partial charge < -0.3 is 10.6 Å². The van der Waals surface area contributed by atoms with E-state index in [9.17, 15) is 13.2 Å². The highest BCUT2D eigenvalue weighted by molar-refractivity contribution is 14.0. The first kappa shape index (κ1) is 22.2. The van der Waals surface area contributed by atoms with E-state index in [4.69, 9.17) is 0 Å². The standard InChI is InChI=1S/C15H19F3N4S2.HI/c1-10(11-4-3-7-23-11)8-21-14(19-2)20-6-5-13-22-12(9-24-13)15(16,17)18;/h3-4,7,9-10H,5-6,8H2,1-2H3,(H2,19,20,21);1H. The molecule has 0 fully saturated rings. The van der Waals surface area contributed by atoms with Crippen LogP contribution in [0.1, 0.15) is 28.4 Å². The molecule has 0 aromatic carbocycles. The number of halogens is 4. The van der Waals surface area contributed by atoms with Gasteiger partial charge in [0.2, 0.25) is 0 Å². The second kappa shape index (κ2) is 10.3. The van der Waals surface area contributed by atoms with E-state index < -0.39 is 11.9 Å². The van der Waals surface area contributed by atoms with Gasteiger partial charge >= 0.3 is 6.18 Å². The number of aromatic nitrogens is 1. The molecular weight excluding hydrogens is 484 g/mol. The Bertz CT molecular complexity index is 656. The van der Waals surface area contributed by atoms with Gasteiger partial charge in [0.15, 0.2) is 11.7 Å². The van der Waals surface area contributed by atoms with Crippen LogP contribution >= 0.6 is 46.7 Å². The molecule has 25 heavy (non-hydrogen) atoms. The molecule has 4 nitrogen and oxygen atoms in total. The van der Waals surface area contributed by atoms with Crippen LogP contribution in [0.15, 0.2) is 27.9 Å². The predicted octanol–water partition coefficient (Wildman–Crippen LogP) is 4.35. The molecule has 0 saturated carbocycles. The Morgan fingerprint density at radius 2 is 2.08 bits per heavy atom. The Balaban J connectivity index is 0.00000312. The molecule has 140 valence electrons. The van der Waals surface area contributed by atoms with Crippen LogP contribution in [0.5, 0.6) is 0 Å². The second-order valence-electron chi connectivity index (χ2n) is 5.17. The highest BCUT2D eigenvalue weighted by Gasteiger charge is 2.33. The SMILES string of the molecule is CN=C(NCCc1nc(C(F)(F)F)cs1)NCC(C)c1cccs1.I. The molecular formula is C15H20F3IN4S2. The highest BCUT2D eigenvalue weighted by Crippen LogP contribution is 2.30.